The molecule has 0 aliphatic heterocycles. The summed E-state index contributed by atoms with van der Waals surface area (Å²) in [4.78, 5) is 22.7. The fourth-order valence-electron chi connectivity index (χ4n) is 1.89. The summed E-state index contributed by atoms with van der Waals surface area (Å²) in [6.07, 6.45) is 2.05. The molecule has 5 heteroatoms. The van der Waals surface area contributed by atoms with Crippen LogP contribution in [0.1, 0.15) is 47.0 Å². The average Bonchev–Trinajstić information content (AvgIpc) is 2.25. The topological polar surface area (TPSA) is 92.4 Å². The minimum absolute atomic E-state index is 0.00600. The van der Waals surface area contributed by atoms with Crippen LogP contribution in [0, 0.1) is 17.3 Å². The van der Waals surface area contributed by atoms with Crippen LogP contribution in [-0.2, 0) is 9.59 Å². The predicted octanol–water partition coefficient (Wildman–Crippen LogP) is 1.61. The fourth-order valence-corrected chi connectivity index (χ4v) is 1.89. The third kappa shape index (κ3) is 7.82. The number of carbonyl (C=O) groups is 2. The van der Waals surface area contributed by atoms with Gasteiger partial charge >= 0.3 is 5.97 Å². The van der Waals surface area contributed by atoms with Crippen LogP contribution in [0.25, 0.3) is 0 Å². The first-order chi connectivity index (χ1) is 8.69. The van der Waals surface area contributed by atoms with Gasteiger partial charge in [0.05, 0.1) is 5.92 Å². The molecule has 0 spiro atoms. The largest absolute Gasteiger partial charge is 0.481 e. The van der Waals surface area contributed by atoms with E-state index < -0.39 is 11.9 Å². The second-order valence-electron chi connectivity index (χ2n) is 6.20. The van der Waals surface area contributed by atoms with E-state index in [0.717, 1.165) is 12.8 Å². The number of rotatable bonds is 9. The van der Waals surface area contributed by atoms with Gasteiger partial charge in [-0.15, -0.1) is 0 Å². The Morgan fingerprint density at radius 1 is 1.26 bits per heavy atom. The first-order valence-corrected chi connectivity index (χ1v) is 6.89. The molecule has 1 atom stereocenters. The molecular formula is C14H28N2O3. The quantitative estimate of drug-likeness (QED) is 0.594. The molecule has 1 unspecified atom stereocenters. The highest BCUT2D eigenvalue weighted by Crippen LogP contribution is 2.25. The number of carboxylic acid groups (broad SMARTS) is 1. The molecule has 0 aliphatic carbocycles. The van der Waals surface area contributed by atoms with Gasteiger partial charge in [-0.25, -0.2) is 0 Å². The lowest BCUT2D eigenvalue weighted by Gasteiger charge is -2.23. The molecule has 0 aromatic rings. The summed E-state index contributed by atoms with van der Waals surface area (Å²) in [5, 5.41) is 11.7. The van der Waals surface area contributed by atoms with E-state index in [2.05, 4.69) is 19.2 Å². The number of aliphatic carboxylic acids is 1. The van der Waals surface area contributed by atoms with Gasteiger partial charge in [0.1, 0.15) is 0 Å². The summed E-state index contributed by atoms with van der Waals surface area (Å²) in [7, 11) is 0. The third-order valence-electron chi connectivity index (χ3n) is 3.49. The summed E-state index contributed by atoms with van der Waals surface area (Å²) in [5.74, 6) is -1.47. The molecular weight excluding hydrogens is 244 g/mol. The van der Waals surface area contributed by atoms with Gasteiger partial charge in [-0.2, -0.15) is 0 Å². The smallest absolute Gasteiger partial charge is 0.308 e. The zero-order valence-corrected chi connectivity index (χ0v) is 12.5. The Morgan fingerprint density at radius 3 is 2.26 bits per heavy atom. The van der Waals surface area contributed by atoms with E-state index >= 15 is 0 Å². The van der Waals surface area contributed by atoms with Crippen molar-refractivity contribution in [1.82, 2.24) is 5.32 Å². The first-order valence-electron chi connectivity index (χ1n) is 6.89. The standard InChI is InChI=1S/C14H28N2O3/c1-10(2)11(13(18)19)9-16-12(17)5-6-14(3,4)7-8-15/h10-11H,5-9,15H2,1-4H3,(H,16,17)(H,18,19). The van der Waals surface area contributed by atoms with Crippen LogP contribution in [-0.4, -0.2) is 30.1 Å². The molecule has 5 nitrogen and oxygen atoms in total. The molecule has 19 heavy (non-hydrogen) atoms. The van der Waals surface area contributed by atoms with Crippen molar-refractivity contribution in [2.75, 3.05) is 13.1 Å². The van der Waals surface area contributed by atoms with Crippen LogP contribution < -0.4 is 11.1 Å². The Bertz CT molecular complexity index is 301. The lowest BCUT2D eigenvalue weighted by molar-refractivity contribution is -0.143. The summed E-state index contributed by atoms with van der Waals surface area (Å²) >= 11 is 0. The highest BCUT2D eigenvalue weighted by molar-refractivity contribution is 5.77. The molecule has 112 valence electrons. The van der Waals surface area contributed by atoms with Crippen molar-refractivity contribution in [2.45, 2.75) is 47.0 Å². The first kappa shape index (κ1) is 17.9. The van der Waals surface area contributed by atoms with Crippen molar-refractivity contribution in [3.63, 3.8) is 0 Å². The Hall–Kier alpha value is -1.10. The summed E-state index contributed by atoms with van der Waals surface area (Å²) in [6.45, 7) is 8.67. The second-order valence-corrected chi connectivity index (χ2v) is 6.20. The van der Waals surface area contributed by atoms with Crippen molar-refractivity contribution >= 4 is 11.9 Å². The maximum Gasteiger partial charge on any atom is 0.308 e. The summed E-state index contributed by atoms with van der Waals surface area (Å²) < 4.78 is 0. The maximum atomic E-state index is 11.7. The minimum Gasteiger partial charge on any atom is -0.481 e. The van der Waals surface area contributed by atoms with Crippen LogP contribution in [0.2, 0.25) is 0 Å². The summed E-state index contributed by atoms with van der Waals surface area (Å²) in [6, 6.07) is 0. The monoisotopic (exact) mass is 272 g/mol. The van der Waals surface area contributed by atoms with Crippen molar-refractivity contribution in [2.24, 2.45) is 23.0 Å². The lowest BCUT2D eigenvalue weighted by atomic mass is 9.84. The number of hydrogen-bond donors (Lipinski definition) is 3. The molecule has 0 saturated carbocycles. The fraction of sp³-hybridized carbons (Fsp3) is 0.857. The molecule has 0 radical (unpaired) electrons. The van der Waals surface area contributed by atoms with Crippen molar-refractivity contribution in [3.8, 4) is 0 Å². The molecule has 0 heterocycles. The maximum absolute atomic E-state index is 11.7. The van der Waals surface area contributed by atoms with Crippen LogP contribution in [0.5, 0.6) is 0 Å². The van der Waals surface area contributed by atoms with Crippen molar-refractivity contribution < 1.29 is 14.7 Å². The number of amides is 1. The van der Waals surface area contributed by atoms with Crippen LogP contribution in [0.4, 0.5) is 0 Å². The van der Waals surface area contributed by atoms with Gasteiger partial charge in [0, 0.05) is 13.0 Å². The van der Waals surface area contributed by atoms with Gasteiger partial charge in [0.15, 0.2) is 0 Å². The minimum atomic E-state index is -0.862. The SMILES string of the molecule is CC(C)C(CNC(=O)CCC(C)(C)CCN)C(=O)O. The van der Waals surface area contributed by atoms with E-state index in [4.69, 9.17) is 10.8 Å². The van der Waals surface area contributed by atoms with Crippen LogP contribution in [0.3, 0.4) is 0 Å². The van der Waals surface area contributed by atoms with Gasteiger partial charge in [0.25, 0.3) is 0 Å². The Kier molecular flexibility index (Phi) is 7.68. The van der Waals surface area contributed by atoms with Gasteiger partial charge in [-0.1, -0.05) is 27.7 Å². The lowest BCUT2D eigenvalue weighted by Crippen LogP contribution is -2.36. The number of hydrogen-bond acceptors (Lipinski definition) is 3. The molecule has 0 saturated heterocycles. The molecule has 0 rings (SSSR count). The van der Waals surface area contributed by atoms with Gasteiger partial charge in [0.2, 0.25) is 5.91 Å². The molecule has 0 fully saturated rings. The molecule has 0 aliphatic rings. The molecule has 0 bridgehead atoms. The zero-order valence-electron chi connectivity index (χ0n) is 12.5. The number of carboxylic acids is 1. The molecule has 1 amide bonds. The normalized spacial score (nSPS) is 13.4. The zero-order chi connectivity index (χ0) is 15.1. The Morgan fingerprint density at radius 2 is 1.84 bits per heavy atom. The average molecular weight is 272 g/mol. The van der Waals surface area contributed by atoms with Gasteiger partial charge < -0.3 is 16.2 Å². The number of nitrogens with two attached hydrogens (primary N) is 1. The van der Waals surface area contributed by atoms with Crippen LogP contribution in [0.15, 0.2) is 0 Å². The van der Waals surface area contributed by atoms with E-state index in [-0.39, 0.29) is 23.8 Å². The van der Waals surface area contributed by atoms with Crippen LogP contribution >= 0.6 is 0 Å². The van der Waals surface area contributed by atoms with E-state index in [1.165, 1.54) is 0 Å². The molecule has 4 N–H and O–H groups in total. The number of carbonyl (C=O) groups excluding carboxylic acids is 1. The summed E-state index contributed by atoms with van der Waals surface area (Å²) in [5.41, 5.74) is 5.57. The van der Waals surface area contributed by atoms with E-state index in [0.29, 0.717) is 13.0 Å². The van der Waals surface area contributed by atoms with Gasteiger partial charge in [-0.3, -0.25) is 9.59 Å². The highest BCUT2D eigenvalue weighted by Gasteiger charge is 2.23. The van der Waals surface area contributed by atoms with E-state index in [1.807, 2.05) is 13.8 Å². The van der Waals surface area contributed by atoms with Crippen molar-refractivity contribution in [3.05, 3.63) is 0 Å². The third-order valence-corrected chi connectivity index (χ3v) is 3.49. The molecule has 0 aromatic heterocycles. The Labute approximate surface area is 115 Å². The Balaban J connectivity index is 4.08. The van der Waals surface area contributed by atoms with E-state index in [9.17, 15) is 9.59 Å². The number of nitrogens with one attached hydrogen (secondary N) is 1. The predicted molar refractivity (Wildman–Crippen MR) is 75.7 cm³/mol. The van der Waals surface area contributed by atoms with Crippen molar-refractivity contribution in [1.29, 1.82) is 0 Å². The molecule has 0 aromatic carbocycles. The second kappa shape index (κ2) is 8.15. The highest BCUT2D eigenvalue weighted by atomic mass is 16.4. The van der Waals surface area contributed by atoms with E-state index in [1.54, 1.807) is 0 Å². The van der Waals surface area contributed by atoms with Gasteiger partial charge in [-0.05, 0) is 30.7 Å².